The molecule has 0 radical (unpaired) electrons. The second-order valence-corrected chi connectivity index (χ2v) is 8.16. The first kappa shape index (κ1) is 20.1. The summed E-state index contributed by atoms with van der Waals surface area (Å²) in [5.74, 6) is 0.894. The fraction of sp³-hybridized carbons (Fsp3) is 0.231. The Balaban J connectivity index is 1.38. The molecule has 6 heteroatoms. The third-order valence-electron chi connectivity index (χ3n) is 6.16. The van der Waals surface area contributed by atoms with E-state index in [4.69, 9.17) is 4.98 Å². The van der Waals surface area contributed by atoms with Gasteiger partial charge in [0.05, 0.1) is 17.2 Å². The van der Waals surface area contributed by atoms with Gasteiger partial charge in [-0.15, -0.1) is 0 Å². The fourth-order valence-corrected chi connectivity index (χ4v) is 4.37. The number of pyridine rings is 1. The van der Waals surface area contributed by atoms with E-state index in [2.05, 4.69) is 14.9 Å². The number of benzene rings is 2. The number of carbonyl (C=O) groups excluding carboxylic acids is 1. The fourth-order valence-electron chi connectivity index (χ4n) is 4.37. The minimum atomic E-state index is 0.0622. The van der Waals surface area contributed by atoms with Crippen molar-refractivity contribution in [2.24, 2.45) is 0 Å². The second kappa shape index (κ2) is 8.75. The zero-order valence-electron chi connectivity index (χ0n) is 18.1. The summed E-state index contributed by atoms with van der Waals surface area (Å²) < 4.78 is 0. The molecule has 1 amide bonds. The average Bonchev–Trinajstić information content (AvgIpc) is 2.88. The van der Waals surface area contributed by atoms with Crippen molar-refractivity contribution in [1.82, 2.24) is 19.9 Å². The zero-order chi connectivity index (χ0) is 21.9. The van der Waals surface area contributed by atoms with Gasteiger partial charge in [-0.3, -0.25) is 14.8 Å². The Hall–Kier alpha value is -3.80. The van der Waals surface area contributed by atoms with Crippen molar-refractivity contribution >= 4 is 22.8 Å². The predicted octanol–water partition coefficient (Wildman–Crippen LogP) is 4.43. The van der Waals surface area contributed by atoms with E-state index in [-0.39, 0.29) is 11.9 Å². The van der Waals surface area contributed by atoms with Crippen LogP contribution >= 0.6 is 0 Å². The largest absolute Gasteiger partial charge is 0.354 e. The molecule has 0 aliphatic carbocycles. The van der Waals surface area contributed by atoms with E-state index in [1.165, 1.54) is 0 Å². The molecule has 3 heterocycles. The maximum atomic E-state index is 13.5. The lowest BCUT2D eigenvalue weighted by atomic mass is 9.98. The zero-order valence-corrected chi connectivity index (χ0v) is 18.1. The summed E-state index contributed by atoms with van der Waals surface area (Å²) in [6.07, 6.45) is 7.34. The van der Waals surface area contributed by atoms with E-state index in [0.29, 0.717) is 12.1 Å². The van der Waals surface area contributed by atoms with Crippen LogP contribution in [0, 0.1) is 0 Å². The molecule has 1 saturated heterocycles. The third-order valence-corrected chi connectivity index (χ3v) is 6.16. The van der Waals surface area contributed by atoms with E-state index in [9.17, 15) is 4.79 Å². The van der Waals surface area contributed by atoms with Crippen LogP contribution in [-0.4, -0.2) is 51.9 Å². The molecule has 5 rings (SSSR count). The predicted molar refractivity (Wildman–Crippen MR) is 127 cm³/mol. The first-order valence-electron chi connectivity index (χ1n) is 10.9. The number of piperidine rings is 1. The summed E-state index contributed by atoms with van der Waals surface area (Å²) in [5, 5.41) is 0. The van der Waals surface area contributed by atoms with Crippen LogP contribution in [0.5, 0.6) is 0 Å². The van der Waals surface area contributed by atoms with Crippen molar-refractivity contribution in [2.75, 3.05) is 25.0 Å². The smallest absolute Gasteiger partial charge is 0.254 e. The molecule has 0 bridgehead atoms. The van der Waals surface area contributed by atoms with Gasteiger partial charge in [0, 0.05) is 49.7 Å². The molecule has 6 nitrogen and oxygen atoms in total. The van der Waals surface area contributed by atoms with Crippen molar-refractivity contribution in [3.05, 3.63) is 84.8 Å². The van der Waals surface area contributed by atoms with E-state index in [0.717, 1.165) is 47.4 Å². The van der Waals surface area contributed by atoms with Crippen molar-refractivity contribution < 1.29 is 4.79 Å². The number of carbonyl (C=O) groups is 1. The summed E-state index contributed by atoms with van der Waals surface area (Å²) >= 11 is 0. The Morgan fingerprint density at radius 1 is 1.00 bits per heavy atom. The van der Waals surface area contributed by atoms with E-state index < -0.39 is 0 Å². The molecule has 1 aliphatic heterocycles. The Labute approximate surface area is 187 Å². The maximum absolute atomic E-state index is 13.5. The van der Waals surface area contributed by atoms with Gasteiger partial charge >= 0.3 is 0 Å². The lowest BCUT2D eigenvalue weighted by Crippen LogP contribution is -2.49. The number of aromatic nitrogens is 3. The lowest BCUT2D eigenvalue weighted by molar-refractivity contribution is 0.0708. The van der Waals surface area contributed by atoms with Crippen LogP contribution in [0.2, 0.25) is 0 Å². The highest BCUT2D eigenvalue weighted by Gasteiger charge is 2.28. The van der Waals surface area contributed by atoms with Crippen LogP contribution in [0.25, 0.3) is 22.2 Å². The third kappa shape index (κ3) is 3.91. The van der Waals surface area contributed by atoms with Crippen molar-refractivity contribution in [2.45, 2.75) is 18.9 Å². The molecular weight excluding hydrogens is 398 g/mol. The van der Waals surface area contributed by atoms with Gasteiger partial charge in [0.25, 0.3) is 5.91 Å². The molecule has 2 aromatic carbocycles. The van der Waals surface area contributed by atoms with Crippen molar-refractivity contribution in [3.8, 4) is 11.1 Å². The monoisotopic (exact) mass is 423 g/mol. The molecule has 4 aromatic rings. The molecular formula is C26H25N5O. The number of fused-ring (bicyclic) bond motifs is 1. The van der Waals surface area contributed by atoms with Crippen LogP contribution in [0.15, 0.2) is 79.3 Å². The van der Waals surface area contributed by atoms with Crippen LogP contribution in [0.1, 0.15) is 23.2 Å². The number of hydrogen-bond donors (Lipinski definition) is 0. The summed E-state index contributed by atoms with van der Waals surface area (Å²) in [4.78, 5) is 31.2. The highest BCUT2D eigenvalue weighted by atomic mass is 16.2. The molecule has 0 saturated carbocycles. The normalized spacial score (nSPS) is 16.2. The number of rotatable bonds is 4. The topological polar surface area (TPSA) is 62.2 Å². The summed E-state index contributed by atoms with van der Waals surface area (Å²) in [6, 6.07) is 19.7. The average molecular weight is 424 g/mol. The minimum Gasteiger partial charge on any atom is -0.354 e. The van der Waals surface area contributed by atoms with Gasteiger partial charge < -0.3 is 9.80 Å². The van der Waals surface area contributed by atoms with Gasteiger partial charge in [-0.25, -0.2) is 4.98 Å². The second-order valence-electron chi connectivity index (χ2n) is 8.16. The Bertz CT molecular complexity index is 1240. The molecule has 1 atom stereocenters. The van der Waals surface area contributed by atoms with Gasteiger partial charge in [0.1, 0.15) is 5.82 Å². The van der Waals surface area contributed by atoms with Crippen molar-refractivity contribution in [3.63, 3.8) is 0 Å². The first-order valence-corrected chi connectivity index (χ1v) is 10.9. The number of amides is 1. The highest BCUT2D eigenvalue weighted by molar-refractivity contribution is 6.01. The van der Waals surface area contributed by atoms with Gasteiger partial charge in [0.15, 0.2) is 0 Å². The van der Waals surface area contributed by atoms with Gasteiger partial charge in [-0.2, -0.15) is 0 Å². The Morgan fingerprint density at radius 3 is 2.66 bits per heavy atom. The highest BCUT2D eigenvalue weighted by Crippen LogP contribution is 2.27. The molecule has 1 unspecified atom stereocenters. The van der Waals surface area contributed by atoms with Crippen LogP contribution in [0.4, 0.5) is 5.82 Å². The molecule has 0 spiro atoms. The van der Waals surface area contributed by atoms with Gasteiger partial charge in [-0.1, -0.05) is 36.4 Å². The molecule has 1 fully saturated rings. The summed E-state index contributed by atoms with van der Waals surface area (Å²) in [7, 11) is 2.04. The Morgan fingerprint density at radius 2 is 1.81 bits per heavy atom. The molecule has 2 aromatic heterocycles. The SMILES string of the molecule is CN(c1cnc2ccccc2n1)C1CCCN(C(=O)c2ccccc2-c2cccnc2)C1. The number of likely N-dealkylation sites (tertiary alicyclic amines) is 1. The minimum absolute atomic E-state index is 0.0622. The number of anilines is 1. The molecule has 0 N–H and O–H groups in total. The number of likely N-dealkylation sites (N-methyl/N-ethyl adjacent to an activating group) is 1. The lowest BCUT2D eigenvalue weighted by Gasteiger charge is -2.38. The maximum Gasteiger partial charge on any atom is 0.254 e. The van der Waals surface area contributed by atoms with Crippen LogP contribution in [-0.2, 0) is 0 Å². The molecule has 1 aliphatic rings. The van der Waals surface area contributed by atoms with Crippen molar-refractivity contribution in [1.29, 1.82) is 0 Å². The quantitative estimate of drug-likeness (QED) is 0.486. The van der Waals surface area contributed by atoms with E-state index in [1.807, 2.05) is 78.8 Å². The van der Waals surface area contributed by atoms with Crippen LogP contribution < -0.4 is 4.90 Å². The van der Waals surface area contributed by atoms with E-state index >= 15 is 0 Å². The van der Waals surface area contributed by atoms with Gasteiger partial charge in [-0.05, 0) is 42.7 Å². The molecule has 32 heavy (non-hydrogen) atoms. The molecule has 160 valence electrons. The number of nitrogens with zero attached hydrogens (tertiary/aromatic N) is 5. The Kier molecular flexibility index (Phi) is 5.50. The summed E-state index contributed by atoms with van der Waals surface area (Å²) in [6.45, 7) is 1.42. The van der Waals surface area contributed by atoms with Crippen LogP contribution in [0.3, 0.4) is 0 Å². The first-order chi connectivity index (χ1) is 15.7. The van der Waals surface area contributed by atoms with E-state index in [1.54, 1.807) is 12.4 Å². The number of para-hydroxylation sites is 2. The van der Waals surface area contributed by atoms with Gasteiger partial charge in [0.2, 0.25) is 0 Å². The standard InChI is InChI=1S/C26H25N5O/c1-30(25-17-28-23-12-4-5-13-24(23)29-25)20-9-7-15-31(18-20)26(32)22-11-3-2-10-21(22)19-8-6-14-27-16-19/h2-6,8,10-14,16-17,20H,7,9,15,18H2,1H3. The summed E-state index contributed by atoms with van der Waals surface area (Å²) in [5.41, 5.74) is 4.35. The number of hydrogen-bond acceptors (Lipinski definition) is 5.